The third-order valence-corrected chi connectivity index (χ3v) is 4.74. The molecule has 0 unspecified atom stereocenters. The predicted octanol–water partition coefficient (Wildman–Crippen LogP) is 4.48. The Morgan fingerprint density at radius 3 is 2.40 bits per heavy atom. The predicted molar refractivity (Wildman–Crippen MR) is 101 cm³/mol. The van der Waals surface area contributed by atoms with Crippen molar-refractivity contribution in [2.75, 3.05) is 10.6 Å². The minimum atomic E-state index is -0.185. The molecule has 25 heavy (non-hydrogen) atoms. The lowest BCUT2D eigenvalue weighted by atomic mass is 10.1. The third-order valence-electron chi connectivity index (χ3n) is 4.74. The summed E-state index contributed by atoms with van der Waals surface area (Å²) < 4.78 is 0. The number of aromatic nitrogens is 2. The molecule has 1 amide bonds. The molecule has 1 aromatic carbocycles. The van der Waals surface area contributed by atoms with Gasteiger partial charge in [0.15, 0.2) is 0 Å². The fraction of sp³-hybridized carbons (Fsp3) is 0.450. The van der Waals surface area contributed by atoms with Crippen molar-refractivity contribution in [3.8, 4) is 0 Å². The van der Waals surface area contributed by atoms with Gasteiger partial charge in [-0.3, -0.25) is 4.79 Å². The van der Waals surface area contributed by atoms with E-state index in [2.05, 4.69) is 20.6 Å². The van der Waals surface area contributed by atoms with E-state index < -0.39 is 0 Å². The van der Waals surface area contributed by atoms with E-state index in [1.54, 1.807) is 12.4 Å². The van der Waals surface area contributed by atoms with E-state index in [4.69, 9.17) is 0 Å². The number of hydrogen-bond acceptors (Lipinski definition) is 4. The van der Waals surface area contributed by atoms with Gasteiger partial charge in [-0.2, -0.15) is 0 Å². The number of aryl methyl sites for hydroxylation is 2. The second-order valence-corrected chi connectivity index (χ2v) is 6.90. The first-order chi connectivity index (χ1) is 12.1. The van der Waals surface area contributed by atoms with Gasteiger partial charge in [-0.1, -0.05) is 37.8 Å². The van der Waals surface area contributed by atoms with Crippen molar-refractivity contribution in [2.24, 2.45) is 0 Å². The van der Waals surface area contributed by atoms with Gasteiger partial charge in [0.2, 0.25) is 5.95 Å². The Labute approximate surface area is 149 Å². The lowest BCUT2D eigenvalue weighted by Crippen LogP contribution is -2.20. The third kappa shape index (κ3) is 4.78. The highest BCUT2D eigenvalue weighted by Crippen LogP contribution is 2.20. The van der Waals surface area contributed by atoms with Crippen LogP contribution in [0.3, 0.4) is 0 Å². The van der Waals surface area contributed by atoms with Crippen molar-refractivity contribution in [2.45, 2.75) is 58.4 Å². The van der Waals surface area contributed by atoms with Crippen LogP contribution in [0.4, 0.5) is 11.6 Å². The van der Waals surface area contributed by atoms with Crippen molar-refractivity contribution < 1.29 is 4.79 Å². The first-order valence-electron chi connectivity index (χ1n) is 9.09. The van der Waals surface area contributed by atoms with Crippen molar-refractivity contribution in [1.29, 1.82) is 0 Å². The van der Waals surface area contributed by atoms with E-state index in [9.17, 15) is 4.79 Å². The van der Waals surface area contributed by atoms with Crippen LogP contribution in [-0.4, -0.2) is 21.9 Å². The second-order valence-electron chi connectivity index (χ2n) is 6.90. The zero-order valence-electron chi connectivity index (χ0n) is 15.0. The lowest BCUT2D eigenvalue weighted by molar-refractivity contribution is 0.102. The van der Waals surface area contributed by atoms with E-state index in [1.165, 1.54) is 25.7 Å². The van der Waals surface area contributed by atoms with Gasteiger partial charge < -0.3 is 10.6 Å². The molecule has 1 aliphatic rings. The number of rotatable bonds is 4. The molecule has 5 nitrogen and oxygen atoms in total. The number of hydrogen-bond donors (Lipinski definition) is 2. The maximum Gasteiger partial charge on any atom is 0.258 e. The molecule has 0 aliphatic heterocycles. The fourth-order valence-corrected chi connectivity index (χ4v) is 3.19. The number of amides is 1. The average Bonchev–Trinajstić information content (AvgIpc) is 2.87. The lowest BCUT2D eigenvalue weighted by Gasteiger charge is -2.16. The average molecular weight is 338 g/mol. The molecule has 2 N–H and O–H groups in total. The summed E-state index contributed by atoms with van der Waals surface area (Å²) in [5.74, 6) is 0.421. The number of carbonyl (C=O) groups excluding carboxylic acids is 1. The van der Waals surface area contributed by atoms with Gasteiger partial charge in [-0.25, -0.2) is 9.97 Å². The highest BCUT2D eigenvalue weighted by molar-refractivity contribution is 6.04. The first kappa shape index (κ1) is 17.4. The molecule has 2 aromatic rings. The van der Waals surface area contributed by atoms with Crippen molar-refractivity contribution in [1.82, 2.24) is 9.97 Å². The van der Waals surface area contributed by atoms with Gasteiger partial charge in [-0.15, -0.1) is 0 Å². The topological polar surface area (TPSA) is 66.9 Å². The van der Waals surface area contributed by atoms with Gasteiger partial charge in [0.1, 0.15) is 0 Å². The molecular formula is C20H26N4O. The summed E-state index contributed by atoms with van der Waals surface area (Å²) in [7, 11) is 0. The molecule has 0 spiro atoms. The molecule has 3 rings (SSSR count). The van der Waals surface area contributed by atoms with Crippen LogP contribution in [0.1, 0.15) is 60.0 Å². The Kier molecular flexibility index (Phi) is 5.64. The quantitative estimate of drug-likeness (QED) is 0.807. The summed E-state index contributed by atoms with van der Waals surface area (Å²) in [6.07, 6.45) is 10.7. The normalized spacial score (nSPS) is 15.4. The van der Waals surface area contributed by atoms with Crippen LogP contribution < -0.4 is 10.6 Å². The van der Waals surface area contributed by atoms with Gasteiger partial charge in [0, 0.05) is 24.1 Å². The Morgan fingerprint density at radius 1 is 1.04 bits per heavy atom. The van der Waals surface area contributed by atoms with E-state index >= 15 is 0 Å². The standard InChI is InChI=1S/C20H26N4O/c1-14-9-10-15(2)18(11-14)24-19(25)16-12-21-20(22-13-16)23-17-7-5-3-4-6-8-17/h9-13,17H,3-8H2,1-2H3,(H,24,25)(H,21,22,23). The van der Waals surface area contributed by atoms with Gasteiger partial charge in [0.25, 0.3) is 5.91 Å². The molecule has 0 bridgehead atoms. The molecular weight excluding hydrogens is 312 g/mol. The number of nitrogens with zero attached hydrogens (tertiary/aromatic N) is 2. The van der Waals surface area contributed by atoms with E-state index in [-0.39, 0.29) is 5.91 Å². The number of benzene rings is 1. The minimum absolute atomic E-state index is 0.185. The molecule has 0 saturated heterocycles. The Bertz CT molecular complexity index is 719. The van der Waals surface area contributed by atoms with E-state index in [0.717, 1.165) is 29.7 Å². The van der Waals surface area contributed by atoms with Crippen molar-refractivity contribution in [3.05, 3.63) is 47.3 Å². The van der Waals surface area contributed by atoms with Gasteiger partial charge in [0.05, 0.1) is 5.56 Å². The molecule has 0 atom stereocenters. The van der Waals surface area contributed by atoms with Crippen molar-refractivity contribution >= 4 is 17.5 Å². The van der Waals surface area contributed by atoms with Crippen LogP contribution in [0.5, 0.6) is 0 Å². The summed E-state index contributed by atoms with van der Waals surface area (Å²) in [5, 5.41) is 6.34. The van der Waals surface area contributed by atoms with Crippen LogP contribution in [0.15, 0.2) is 30.6 Å². The summed E-state index contributed by atoms with van der Waals surface area (Å²) >= 11 is 0. The number of carbonyl (C=O) groups is 1. The Balaban J connectivity index is 1.63. The molecule has 5 heteroatoms. The van der Waals surface area contributed by atoms with Crippen molar-refractivity contribution in [3.63, 3.8) is 0 Å². The number of anilines is 2. The zero-order chi connectivity index (χ0) is 17.6. The first-order valence-corrected chi connectivity index (χ1v) is 9.09. The molecule has 1 aromatic heterocycles. The van der Waals surface area contributed by atoms with Crippen LogP contribution in [-0.2, 0) is 0 Å². The highest BCUT2D eigenvalue weighted by atomic mass is 16.1. The smallest absolute Gasteiger partial charge is 0.258 e. The molecule has 1 heterocycles. The van der Waals surface area contributed by atoms with E-state index in [1.807, 2.05) is 32.0 Å². The molecule has 0 radical (unpaired) electrons. The van der Waals surface area contributed by atoms with Crippen LogP contribution in [0.2, 0.25) is 0 Å². The maximum atomic E-state index is 12.4. The molecule has 132 valence electrons. The maximum absolute atomic E-state index is 12.4. The Hall–Kier alpha value is -2.43. The van der Waals surface area contributed by atoms with Gasteiger partial charge >= 0.3 is 0 Å². The second kappa shape index (κ2) is 8.10. The summed E-state index contributed by atoms with van der Waals surface area (Å²) in [6, 6.07) is 6.44. The largest absolute Gasteiger partial charge is 0.351 e. The Morgan fingerprint density at radius 2 is 1.72 bits per heavy atom. The summed E-state index contributed by atoms with van der Waals surface area (Å²) in [4.78, 5) is 21.1. The summed E-state index contributed by atoms with van der Waals surface area (Å²) in [5.41, 5.74) is 3.43. The monoisotopic (exact) mass is 338 g/mol. The SMILES string of the molecule is Cc1ccc(C)c(NC(=O)c2cnc(NC3CCCCCC3)nc2)c1. The van der Waals surface area contributed by atoms with Crippen LogP contribution in [0, 0.1) is 13.8 Å². The van der Waals surface area contributed by atoms with Gasteiger partial charge in [-0.05, 0) is 43.9 Å². The van der Waals surface area contributed by atoms with Crippen LogP contribution >= 0.6 is 0 Å². The molecule has 1 saturated carbocycles. The molecule has 1 fully saturated rings. The number of nitrogens with one attached hydrogen (secondary N) is 2. The molecule has 1 aliphatic carbocycles. The summed E-state index contributed by atoms with van der Waals surface area (Å²) in [6.45, 7) is 3.98. The minimum Gasteiger partial charge on any atom is -0.351 e. The fourth-order valence-electron chi connectivity index (χ4n) is 3.19. The van der Waals surface area contributed by atoms with Crippen LogP contribution in [0.25, 0.3) is 0 Å². The highest BCUT2D eigenvalue weighted by Gasteiger charge is 2.14. The van der Waals surface area contributed by atoms with E-state index in [0.29, 0.717) is 17.6 Å². The zero-order valence-corrected chi connectivity index (χ0v) is 15.0.